The lowest BCUT2D eigenvalue weighted by Gasteiger charge is -2.02. The van der Waals surface area contributed by atoms with E-state index in [1.165, 1.54) is 12.8 Å². The van der Waals surface area contributed by atoms with Gasteiger partial charge in [-0.05, 0) is 30.9 Å². The van der Waals surface area contributed by atoms with Crippen LogP contribution in [0.1, 0.15) is 18.7 Å². The Kier molecular flexibility index (Phi) is 2.05. The zero-order chi connectivity index (χ0) is 10.1. The summed E-state index contributed by atoms with van der Waals surface area (Å²) in [5.41, 5.74) is 2.23. The van der Waals surface area contributed by atoms with Gasteiger partial charge >= 0.3 is 0 Å². The lowest BCUT2D eigenvalue weighted by atomic mass is 10.1. The van der Waals surface area contributed by atoms with Crippen LogP contribution in [0.3, 0.4) is 0 Å². The van der Waals surface area contributed by atoms with E-state index >= 15 is 0 Å². The molecule has 1 aliphatic carbocycles. The number of aromatic nitrogens is 2. The number of allylic oxidation sites excluding steroid dienone is 2. The molecule has 0 amide bonds. The van der Waals surface area contributed by atoms with Gasteiger partial charge in [-0.3, -0.25) is 0 Å². The number of aromatic amines is 1. The topological polar surface area (TPSA) is 28.7 Å². The molecular formula is C13H14N2. The Hall–Kier alpha value is -1.57. The van der Waals surface area contributed by atoms with Crippen molar-refractivity contribution in [1.82, 2.24) is 9.97 Å². The molecule has 0 spiro atoms. The number of nitrogens with zero attached hydrogens (tertiary/aromatic N) is 1. The minimum absolute atomic E-state index is 0.686. The first-order valence-corrected chi connectivity index (χ1v) is 5.52. The Labute approximate surface area is 89.0 Å². The molecule has 76 valence electrons. The number of benzene rings is 1. The maximum Gasteiger partial charge on any atom is 0.107 e. The molecule has 1 heterocycles. The van der Waals surface area contributed by atoms with E-state index in [-0.39, 0.29) is 0 Å². The molecular weight excluding hydrogens is 184 g/mol. The third-order valence-corrected chi connectivity index (χ3v) is 3.01. The second-order valence-electron chi connectivity index (χ2n) is 4.17. The number of fused-ring (bicyclic) bond motifs is 1. The van der Waals surface area contributed by atoms with Crippen molar-refractivity contribution in [2.45, 2.75) is 19.3 Å². The van der Waals surface area contributed by atoms with Gasteiger partial charge in [-0.2, -0.15) is 0 Å². The first-order valence-electron chi connectivity index (χ1n) is 5.52. The fourth-order valence-corrected chi connectivity index (χ4v) is 2.22. The lowest BCUT2D eigenvalue weighted by Crippen LogP contribution is -1.99. The third kappa shape index (κ3) is 1.67. The van der Waals surface area contributed by atoms with E-state index in [0.717, 1.165) is 23.3 Å². The highest BCUT2D eigenvalue weighted by atomic mass is 14.9. The van der Waals surface area contributed by atoms with E-state index in [9.17, 15) is 0 Å². The van der Waals surface area contributed by atoms with Crippen LogP contribution < -0.4 is 0 Å². The third-order valence-electron chi connectivity index (χ3n) is 3.01. The standard InChI is InChI=1S/C13H14N2/c1-2-6-10(5-1)9-13-14-11-7-3-4-8-12(11)15-13/h1,3-5,7-8,10H,2,6,9H2,(H,14,15). The summed E-state index contributed by atoms with van der Waals surface area (Å²) in [5.74, 6) is 1.80. The molecule has 0 aliphatic heterocycles. The Morgan fingerprint density at radius 3 is 3.07 bits per heavy atom. The fraction of sp³-hybridized carbons (Fsp3) is 0.308. The molecule has 1 N–H and O–H groups in total. The van der Waals surface area contributed by atoms with Gasteiger partial charge in [0.05, 0.1) is 11.0 Å². The summed E-state index contributed by atoms with van der Waals surface area (Å²) in [6, 6.07) is 8.21. The number of hydrogen-bond acceptors (Lipinski definition) is 1. The van der Waals surface area contributed by atoms with Gasteiger partial charge in [-0.25, -0.2) is 4.98 Å². The number of rotatable bonds is 2. The molecule has 1 unspecified atom stereocenters. The molecule has 0 radical (unpaired) electrons. The summed E-state index contributed by atoms with van der Waals surface area (Å²) in [4.78, 5) is 7.96. The van der Waals surface area contributed by atoms with Crippen molar-refractivity contribution in [2.24, 2.45) is 5.92 Å². The molecule has 0 saturated heterocycles. The highest BCUT2D eigenvalue weighted by molar-refractivity contribution is 5.74. The number of hydrogen-bond donors (Lipinski definition) is 1. The monoisotopic (exact) mass is 198 g/mol. The summed E-state index contributed by atoms with van der Waals surface area (Å²) in [5, 5.41) is 0. The minimum atomic E-state index is 0.686. The van der Waals surface area contributed by atoms with Gasteiger partial charge in [0, 0.05) is 6.42 Å². The van der Waals surface area contributed by atoms with Crippen LogP contribution >= 0.6 is 0 Å². The molecule has 2 aromatic rings. The molecule has 1 aromatic heterocycles. The zero-order valence-electron chi connectivity index (χ0n) is 8.61. The second kappa shape index (κ2) is 3.54. The summed E-state index contributed by atoms with van der Waals surface area (Å²) >= 11 is 0. The Balaban J connectivity index is 1.88. The van der Waals surface area contributed by atoms with Gasteiger partial charge in [0.25, 0.3) is 0 Å². The van der Waals surface area contributed by atoms with Gasteiger partial charge in [0.1, 0.15) is 5.82 Å². The molecule has 0 bridgehead atoms. The number of H-pyrrole nitrogens is 1. The first-order chi connectivity index (χ1) is 7.42. The predicted molar refractivity (Wildman–Crippen MR) is 61.7 cm³/mol. The Morgan fingerprint density at radius 1 is 1.33 bits per heavy atom. The predicted octanol–water partition coefficient (Wildman–Crippen LogP) is 3.07. The lowest BCUT2D eigenvalue weighted by molar-refractivity contribution is 0.613. The van der Waals surface area contributed by atoms with Gasteiger partial charge < -0.3 is 4.98 Å². The van der Waals surface area contributed by atoms with Crippen molar-refractivity contribution in [2.75, 3.05) is 0 Å². The van der Waals surface area contributed by atoms with Crippen LogP contribution in [0.2, 0.25) is 0 Å². The summed E-state index contributed by atoms with van der Waals surface area (Å²) < 4.78 is 0. The van der Waals surface area contributed by atoms with Crippen LogP contribution in [0.4, 0.5) is 0 Å². The maximum absolute atomic E-state index is 4.59. The van der Waals surface area contributed by atoms with Crippen LogP contribution in [0, 0.1) is 5.92 Å². The van der Waals surface area contributed by atoms with Crippen molar-refractivity contribution >= 4 is 11.0 Å². The van der Waals surface area contributed by atoms with Crippen molar-refractivity contribution in [3.05, 3.63) is 42.2 Å². The minimum Gasteiger partial charge on any atom is -0.342 e. The highest BCUT2D eigenvalue weighted by Gasteiger charge is 2.12. The molecule has 1 aliphatic rings. The van der Waals surface area contributed by atoms with E-state index in [4.69, 9.17) is 0 Å². The number of imidazole rings is 1. The zero-order valence-corrected chi connectivity index (χ0v) is 8.61. The molecule has 0 saturated carbocycles. The number of para-hydroxylation sites is 2. The van der Waals surface area contributed by atoms with E-state index in [0.29, 0.717) is 5.92 Å². The maximum atomic E-state index is 4.59. The normalized spacial score (nSPS) is 20.1. The molecule has 1 aromatic carbocycles. The Bertz CT molecular complexity index is 463. The highest BCUT2D eigenvalue weighted by Crippen LogP contribution is 2.21. The van der Waals surface area contributed by atoms with Crippen molar-refractivity contribution in [1.29, 1.82) is 0 Å². The quantitative estimate of drug-likeness (QED) is 0.738. The smallest absolute Gasteiger partial charge is 0.107 e. The molecule has 2 heteroatoms. The molecule has 0 fully saturated rings. The van der Waals surface area contributed by atoms with Crippen LogP contribution in [0.5, 0.6) is 0 Å². The average molecular weight is 198 g/mol. The van der Waals surface area contributed by atoms with E-state index in [2.05, 4.69) is 34.3 Å². The fourth-order valence-electron chi connectivity index (χ4n) is 2.22. The van der Waals surface area contributed by atoms with Crippen LogP contribution in [0.15, 0.2) is 36.4 Å². The average Bonchev–Trinajstić information content (AvgIpc) is 2.86. The van der Waals surface area contributed by atoms with Crippen LogP contribution in [-0.2, 0) is 6.42 Å². The summed E-state index contributed by atoms with van der Waals surface area (Å²) in [6.45, 7) is 0. The van der Waals surface area contributed by atoms with E-state index in [1.54, 1.807) is 0 Å². The van der Waals surface area contributed by atoms with Crippen molar-refractivity contribution < 1.29 is 0 Å². The van der Waals surface area contributed by atoms with Crippen molar-refractivity contribution in [3.63, 3.8) is 0 Å². The van der Waals surface area contributed by atoms with Gasteiger partial charge in [-0.1, -0.05) is 24.3 Å². The molecule has 3 rings (SSSR count). The van der Waals surface area contributed by atoms with Gasteiger partial charge in [-0.15, -0.1) is 0 Å². The molecule has 1 atom stereocenters. The van der Waals surface area contributed by atoms with E-state index in [1.807, 2.05) is 12.1 Å². The summed E-state index contributed by atoms with van der Waals surface area (Å²) in [6.07, 6.45) is 8.13. The molecule has 15 heavy (non-hydrogen) atoms. The van der Waals surface area contributed by atoms with Crippen LogP contribution in [0.25, 0.3) is 11.0 Å². The van der Waals surface area contributed by atoms with E-state index < -0.39 is 0 Å². The summed E-state index contributed by atoms with van der Waals surface area (Å²) in [7, 11) is 0. The SMILES string of the molecule is C1=CC(Cc2nc3ccccc3[nH]2)CC1. The largest absolute Gasteiger partial charge is 0.342 e. The van der Waals surface area contributed by atoms with Gasteiger partial charge in [0.15, 0.2) is 0 Å². The first kappa shape index (κ1) is 8.72. The van der Waals surface area contributed by atoms with Gasteiger partial charge in [0.2, 0.25) is 0 Å². The second-order valence-corrected chi connectivity index (χ2v) is 4.17. The van der Waals surface area contributed by atoms with Crippen LogP contribution in [-0.4, -0.2) is 9.97 Å². The Morgan fingerprint density at radius 2 is 2.27 bits per heavy atom. The molecule has 2 nitrogen and oxygen atoms in total. The van der Waals surface area contributed by atoms with Crippen molar-refractivity contribution in [3.8, 4) is 0 Å². The number of nitrogens with one attached hydrogen (secondary N) is 1.